The van der Waals surface area contributed by atoms with Crippen LogP contribution in [0.5, 0.6) is 0 Å². The summed E-state index contributed by atoms with van der Waals surface area (Å²) in [7, 11) is 2.19. The number of hydrogen-bond acceptors (Lipinski definition) is 4. The molecule has 6 rings (SSSR count). The first-order valence-corrected chi connectivity index (χ1v) is 10.6. The molecule has 1 unspecified atom stereocenters. The first-order chi connectivity index (χ1) is 14.3. The molecular weight excluding hydrogens is 356 g/mol. The molecule has 1 atom stereocenters. The van der Waals surface area contributed by atoms with E-state index in [9.17, 15) is 0 Å². The van der Waals surface area contributed by atoms with Crippen LogP contribution in [0.4, 0.5) is 11.4 Å². The fourth-order valence-electron chi connectivity index (χ4n) is 5.37. The summed E-state index contributed by atoms with van der Waals surface area (Å²) >= 11 is 0. The molecule has 2 aliphatic heterocycles. The van der Waals surface area contributed by atoms with E-state index in [4.69, 9.17) is 0 Å². The van der Waals surface area contributed by atoms with Crippen LogP contribution in [0.1, 0.15) is 17.2 Å². The Morgan fingerprint density at radius 3 is 1.90 bits per heavy atom. The van der Waals surface area contributed by atoms with Gasteiger partial charge in [-0.3, -0.25) is 9.80 Å². The fourth-order valence-corrected chi connectivity index (χ4v) is 5.37. The lowest BCUT2D eigenvalue weighted by Gasteiger charge is -2.42. The summed E-state index contributed by atoms with van der Waals surface area (Å²) in [6, 6.07) is 26.9. The molecule has 0 saturated carbocycles. The second-order valence-electron chi connectivity index (χ2n) is 8.30. The van der Waals surface area contributed by atoms with Gasteiger partial charge in [0.15, 0.2) is 6.29 Å². The highest BCUT2D eigenvalue weighted by Gasteiger charge is 2.37. The minimum Gasteiger partial charge on any atom is -0.351 e. The van der Waals surface area contributed by atoms with Crippen LogP contribution in [0.2, 0.25) is 0 Å². The fraction of sp³-hybridized carbons (Fsp3) is 0.280. The number of piperazine rings is 1. The average Bonchev–Trinajstić information content (AvgIpc) is 3.29. The summed E-state index contributed by atoms with van der Waals surface area (Å²) in [5, 5.41) is 3.70. The Morgan fingerprint density at radius 2 is 1.24 bits per heavy atom. The van der Waals surface area contributed by atoms with Gasteiger partial charge in [-0.1, -0.05) is 60.7 Å². The predicted molar refractivity (Wildman–Crippen MR) is 119 cm³/mol. The molecule has 0 radical (unpaired) electrons. The largest absolute Gasteiger partial charge is 0.351 e. The first kappa shape index (κ1) is 17.1. The zero-order valence-corrected chi connectivity index (χ0v) is 16.8. The zero-order valence-electron chi connectivity index (χ0n) is 16.8. The molecule has 0 bridgehead atoms. The van der Waals surface area contributed by atoms with Gasteiger partial charge in [-0.2, -0.15) is 0 Å². The maximum absolute atomic E-state index is 3.70. The van der Waals surface area contributed by atoms with Gasteiger partial charge in [-0.25, -0.2) is 0 Å². The Balaban J connectivity index is 1.23. The minimum absolute atomic E-state index is 0.248. The van der Waals surface area contributed by atoms with Crippen molar-refractivity contribution < 1.29 is 0 Å². The van der Waals surface area contributed by atoms with E-state index in [2.05, 4.69) is 99.9 Å². The number of hydrogen-bond donors (Lipinski definition) is 1. The molecular formula is C25H26N4. The molecule has 3 aromatic carbocycles. The highest BCUT2D eigenvalue weighted by Crippen LogP contribution is 2.46. The summed E-state index contributed by atoms with van der Waals surface area (Å²) in [6.07, 6.45) is 0.248. The van der Waals surface area contributed by atoms with Gasteiger partial charge in [-0.05, 0) is 34.4 Å². The maximum Gasteiger partial charge on any atom is 0.158 e. The summed E-state index contributed by atoms with van der Waals surface area (Å²) < 4.78 is 0. The lowest BCUT2D eigenvalue weighted by molar-refractivity contribution is 0.0896. The van der Waals surface area contributed by atoms with Crippen LogP contribution in [0.3, 0.4) is 0 Å². The molecule has 1 saturated heterocycles. The number of benzene rings is 3. The lowest BCUT2D eigenvalue weighted by atomic mass is 10.0. The smallest absolute Gasteiger partial charge is 0.158 e. The first-order valence-electron chi connectivity index (χ1n) is 10.6. The normalized spacial score (nSPS) is 21.6. The van der Waals surface area contributed by atoms with Crippen LogP contribution in [0.15, 0.2) is 72.8 Å². The van der Waals surface area contributed by atoms with Crippen molar-refractivity contribution in [2.75, 3.05) is 43.4 Å². The van der Waals surface area contributed by atoms with E-state index < -0.39 is 0 Å². The van der Waals surface area contributed by atoms with Crippen molar-refractivity contribution in [3.05, 3.63) is 83.9 Å². The van der Waals surface area contributed by atoms with E-state index in [0.29, 0.717) is 6.04 Å². The molecule has 2 heterocycles. The van der Waals surface area contributed by atoms with Gasteiger partial charge in [0.25, 0.3) is 0 Å². The van der Waals surface area contributed by atoms with E-state index in [-0.39, 0.29) is 6.29 Å². The summed E-state index contributed by atoms with van der Waals surface area (Å²) in [5.74, 6) is 0. The molecule has 0 amide bonds. The van der Waals surface area contributed by atoms with E-state index in [1.54, 1.807) is 0 Å². The van der Waals surface area contributed by atoms with Gasteiger partial charge in [-0.15, -0.1) is 0 Å². The molecule has 0 spiro atoms. The third-order valence-electron chi connectivity index (χ3n) is 6.80. The van der Waals surface area contributed by atoms with Crippen molar-refractivity contribution in [1.29, 1.82) is 0 Å². The van der Waals surface area contributed by atoms with Gasteiger partial charge < -0.3 is 10.2 Å². The Bertz CT molecular complexity index is 1010. The Morgan fingerprint density at radius 1 is 0.690 bits per heavy atom. The van der Waals surface area contributed by atoms with Gasteiger partial charge in [0.1, 0.15) is 0 Å². The van der Waals surface area contributed by atoms with Crippen molar-refractivity contribution in [2.45, 2.75) is 12.3 Å². The Labute approximate surface area is 172 Å². The van der Waals surface area contributed by atoms with Crippen LogP contribution >= 0.6 is 0 Å². The monoisotopic (exact) mass is 382 g/mol. The van der Waals surface area contributed by atoms with Gasteiger partial charge in [0.05, 0.1) is 17.4 Å². The van der Waals surface area contributed by atoms with Crippen molar-refractivity contribution in [3.8, 4) is 11.1 Å². The van der Waals surface area contributed by atoms with Crippen LogP contribution in [0, 0.1) is 0 Å². The van der Waals surface area contributed by atoms with Gasteiger partial charge >= 0.3 is 0 Å². The number of nitrogens with zero attached hydrogens (tertiary/aromatic N) is 3. The molecule has 4 nitrogen and oxygen atoms in total. The molecule has 1 fully saturated rings. The third-order valence-corrected chi connectivity index (χ3v) is 6.80. The van der Waals surface area contributed by atoms with Crippen LogP contribution in [-0.2, 0) is 0 Å². The van der Waals surface area contributed by atoms with E-state index in [0.717, 1.165) is 26.2 Å². The number of para-hydroxylation sites is 2. The standard InChI is InChI=1S/C25H26N4/c1-27-23-13-7-6-12-22(23)26-25(27)29-16-14-28(15-17-29)24-20-10-4-2-8-18(20)19-9-3-5-11-21(19)24/h2-13,24-26H,14-17H2,1H3. The molecule has 29 heavy (non-hydrogen) atoms. The van der Waals surface area contributed by atoms with Crippen molar-refractivity contribution in [3.63, 3.8) is 0 Å². The maximum atomic E-state index is 3.70. The SMILES string of the molecule is CN1c2ccccc2NC1N1CCN(C2c3ccccc3-c3ccccc32)CC1. The minimum atomic E-state index is 0.248. The molecule has 3 aliphatic rings. The van der Waals surface area contributed by atoms with Crippen molar-refractivity contribution in [2.24, 2.45) is 0 Å². The average molecular weight is 383 g/mol. The van der Waals surface area contributed by atoms with Crippen molar-refractivity contribution >= 4 is 11.4 Å². The van der Waals surface area contributed by atoms with E-state index >= 15 is 0 Å². The number of rotatable bonds is 2. The Kier molecular flexibility index (Phi) is 3.89. The molecule has 4 heteroatoms. The highest BCUT2D eigenvalue weighted by atomic mass is 15.5. The summed E-state index contributed by atoms with van der Waals surface area (Å²) in [6.45, 7) is 4.29. The third kappa shape index (κ3) is 2.60. The van der Waals surface area contributed by atoms with Gasteiger partial charge in [0.2, 0.25) is 0 Å². The Hall–Kier alpha value is -2.82. The zero-order chi connectivity index (χ0) is 19.4. The van der Waals surface area contributed by atoms with E-state index in [1.807, 2.05) is 0 Å². The number of nitrogens with one attached hydrogen (secondary N) is 1. The number of anilines is 2. The lowest BCUT2D eigenvalue weighted by Crippen LogP contribution is -2.56. The van der Waals surface area contributed by atoms with Crippen LogP contribution < -0.4 is 10.2 Å². The summed E-state index contributed by atoms with van der Waals surface area (Å²) in [4.78, 5) is 7.61. The van der Waals surface area contributed by atoms with Gasteiger partial charge in [0, 0.05) is 33.2 Å². The van der Waals surface area contributed by atoms with E-state index in [1.165, 1.54) is 33.6 Å². The highest BCUT2D eigenvalue weighted by molar-refractivity contribution is 5.78. The second-order valence-corrected chi connectivity index (χ2v) is 8.30. The quantitative estimate of drug-likeness (QED) is 0.716. The molecule has 146 valence electrons. The molecule has 1 aliphatic carbocycles. The van der Waals surface area contributed by atoms with Crippen LogP contribution in [-0.4, -0.2) is 49.3 Å². The summed E-state index contributed by atoms with van der Waals surface area (Å²) in [5.41, 5.74) is 8.27. The topological polar surface area (TPSA) is 21.8 Å². The molecule has 3 aromatic rings. The number of fused-ring (bicyclic) bond motifs is 4. The molecule has 0 aromatic heterocycles. The van der Waals surface area contributed by atoms with Crippen LogP contribution in [0.25, 0.3) is 11.1 Å². The second kappa shape index (κ2) is 6.61. The van der Waals surface area contributed by atoms with Crippen molar-refractivity contribution in [1.82, 2.24) is 9.80 Å². The molecule has 1 N–H and O–H groups in total. The predicted octanol–water partition coefficient (Wildman–Crippen LogP) is 4.22.